The summed E-state index contributed by atoms with van der Waals surface area (Å²) in [6, 6.07) is 18.1. The van der Waals surface area contributed by atoms with Crippen LogP contribution < -0.4 is 4.74 Å². The highest BCUT2D eigenvalue weighted by molar-refractivity contribution is 5.40. The number of rotatable bonds is 8. The number of ether oxygens (including phenoxy) is 1. The molecule has 0 aliphatic rings. The van der Waals surface area contributed by atoms with Crippen LogP contribution in [0.25, 0.3) is 0 Å². The zero-order valence-electron chi connectivity index (χ0n) is 17.7. The third kappa shape index (κ3) is 4.52. The first-order chi connectivity index (χ1) is 14.2. The van der Waals surface area contributed by atoms with Crippen molar-refractivity contribution >= 4 is 5.69 Å². The molecule has 0 saturated heterocycles. The van der Waals surface area contributed by atoms with Crippen molar-refractivity contribution in [2.45, 2.75) is 45.8 Å². The molecule has 3 aromatic rings. The molecule has 158 valence electrons. The Bertz CT molecular complexity index is 1010. The van der Waals surface area contributed by atoms with E-state index in [-0.39, 0.29) is 24.3 Å². The van der Waals surface area contributed by atoms with Crippen LogP contribution in [0.4, 0.5) is 5.69 Å². The minimum Gasteiger partial charge on any atom is -0.491 e. The van der Waals surface area contributed by atoms with E-state index in [2.05, 4.69) is 31.1 Å². The highest BCUT2D eigenvalue weighted by Crippen LogP contribution is 2.32. The van der Waals surface area contributed by atoms with Crippen LogP contribution in [0.2, 0.25) is 0 Å². The second kappa shape index (κ2) is 8.67. The summed E-state index contributed by atoms with van der Waals surface area (Å²) >= 11 is 0. The van der Waals surface area contributed by atoms with Crippen molar-refractivity contribution in [2.75, 3.05) is 6.61 Å². The second-order valence-electron chi connectivity index (χ2n) is 7.94. The van der Waals surface area contributed by atoms with Crippen LogP contribution in [0.5, 0.6) is 5.75 Å². The first kappa shape index (κ1) is 21.5. The number of nitro groups is 1. The zero-order valence-corrected chi connectivity index (χ0v) is 17.7. The molecule has 7 nitrogen and oxygen atoms in total. The van der Waals surface area contributed by atoms with Gasteiger partial charge in [0.05, 0.1) is 11.5 Å². The molecule has 1 heterocycles. The Morgan fingerprint density at radius 3 is 2.27 bits per heavy atom. The molecule has 7 heteroatoms. The summed E-state index contributed by atoms with van der Waals surface area (Å²) in [5.41, 5.74) is 3.00. The molecule has 0 fully saturated rings. The molecule has 1 atom stereocenters. The van der Waals surface area contributed by atoms with Gasteiger partial charge in [0, 0.05) is 5.41 Å². The SMILES string of the molecule is Cc1nn(CC(O)COc2ccc(C(C)(C)c3ccccc3)cc2)c(C)c1[N+](=O)[O-]. The van der Waals surface area contributed by atoms with E-state index in [0.717, 1.165) is 5.56 Å². The van der Waals surface area contributed by atoms with Crippen LogP contribution in [0, 0.1) is 24.0 Å². The lowest BCUT2D eigenvalue weighted by Gasteiger charge is -2.26. The fourth-order valence-corrected chi connectivity index (χ4v) is 3.56. The molecule has 1 N–H and O–H groups in total. The average molecular weight is 409 g/mol. The minimum absolute atomic E-state index is 0.0141. The molecular formula is C23H27N3O4. The number of aryl methyl sites for hydroxylation is 1. The van der Waals surface area contributed by atoms with Crippen molar-refractivity contribution in [3.05, 3.63) is 87.2 Å². The van der Waals surface area contributed by atoms with Crippen LogP contribution >= 0.6 is 0 Å². The van der Waals surface area contributed by atoms with Gasteiger partial charge in [-0.15, -0.1) is 0 Å². The highest BCUT2D eigenvalue weighted by atomic mass is 16.6. The summed E-state index contributed by atoms with van der Waals surface area (Å²) in [6.45, 7) is 7.75. The third-order valence-electron chi connectivity index (χ3n) is 5.42. The Morgan fingerprint density at radius 2 is 1.70 bits per heavy atom. The highest BCUT2D eigenvalue weighted by Gasteiger charge is 2.24. The third-order valence-corrected chi connectivity index (χ3v) is 5.42. The summed E-state index contributed by atoms with van der Waals surface area (Å²) in [4.78, 5) is 10.7. The summed E-state index contributed by atoms with van der Waals surface area (Å²) in [7, 11) is 0. The number of aliphatic hydroxyl groups is 1. The summed E-state index contributed by atoms with van der Waals surface area (Å²) in [5.74, 6) is 0.654. The van der Waals surface area contributed by atoms with Crippen molar-refractivity contribution in [3.63, 3.8) is 0 Å². The maximum Gasteiger partial charge on any atom is 0.312 e. The van der Waals surface area contributed by atoms with Crippen LogP contribution in [-0.4, -0.2) is 32.5 Å². The number of aromatic nitrogens is 2. The summed E-state index contributed by atoms with van der Waals surface area (Å²) < 4.78 is 7.16. The van der Waals surface area contributed by atoms with Gasteiger partial charge < -0.3 is 9.84 Å². The number of aliphatic hydroxyl groups excluding tert-OH is 1. The van der Waals surface area contributed by atoms with E-state index < -0.39 is 11.0 Å². The number of nitrogens with zero attached hydrogens (tertiary/aromatic N) is 3. The lowest BCUT2D eigenvalue weighted by atomic mass is 9.78. The molecule has 0 amide bonds. The Balaban J connectivity index is 1.61. The van der Waals surface area contributed by atoms with Gasteiger partial charge in [-0.25, -0.2) is 0 Å². The van der Waals surface area contributed by atoms with Gasteiger partial charge in [0.2, 0.25) is 0 Å². The second-order valence-corrected chi connectivity index (χ2v) is 7.94. The predicted octanol–water partition coefficient (Wildman–Crippen LogP) is 4.17. The molecule has 0 aliphatic carbocycles. The van der Waals surface area contributed by atoms with Crippen molar-refractivity contribution in [3.8, 4) is 5.75 Å². The minimum atomic E-state index is -0.844. The molecule has 0 radical (unpaired) electrons. The molecule has 0 spiro atoms. The van der Waals surface area contributed by atoms with Crippen LogP contribution in [0.3, 0.4) is 0 Å². The lowest BCUT2D eigenvalue weighted by molar-refractivity contribution is -0.386. The van der Waals surface area contributed by atoms with Crippen LogP contribution in [0.15, 0.2) is 54.6 Å². The van der Waals surface area contributed by atoms with E-state index in [0.29, 0.717) is 17.1 Å². The Kier molecular flexibility index (Phi) is 6.22. The zero-order chi connectivity index (χ0) is 21.9. The van der Waals surface area contributed by atoms with E-state index in [4.69, 9.17) is 4.74 Å². The van der Waals surface area contributed by atoms with Gasteiger partial charge in [0.15, 0.2) is 0 Å². The van der Waals surface area contributed by atoms with E-state index in [1.54, 1.807) is 13.8 Å². The predicted molar refractivity (Wildman–Crippen MR) is 115 cm³/mol. The fraction of sp³-hybridized carbons (Fsp3) is 0.348. The fourth-order valence-electron chi connectivity index (χ4n) is 3.56. The molecule has 0 saturated carbocycles. The molecule has 3 rings (SSSR count). The topological polar surface area (TPSA) is 90.4 Å². The van der Waals surface area contributed by atoms with Gasteiger partial charge in [-0.3, -0.25) is 14.8 Å². The summed E-state index contributed by atoms with van der Waals surface area (Å²) in [6.07, 6.45) is -0.844. The number of hydrogen-bond acceptors (Lipinski definition) is 5. The number of benzene rings is 2. The maximum absolute atomic E-state index is 11.1. The van der Waals surface area contributed by atoms with Gasteiger partial charge in [0.25, 0.3) is 0 Å². The molecule has 1 aromatic heterocycles. The molecule has 0 bridgehead atoms. The van der Waals surface area contributed by atoms with Crippen LogP contribution in [-0.2, 0) is 12.0 Å². The standard InChI is InChI=1S/C23H27N3O4/c1-16-22(26(28)29)17(2)25(24-16)14-20(27)15-30-21-12-10-19(11-13-21)23(3,4)18-8-6-5-7-9-18/h5-13,20,27H,14-15H2,1-4H3. The van der Waals surface area contributed by atoms with Crippen molar-refractivity contribution in [1.82, 2.24) is 9.78 Å². The van der Waals surface area contributed by atoms with Gasteiger partial charge in [-0.1, -0.05) is 56.3 Å². The summed E-state index contributed by atoms with van der Waals surface area (Å²) in [5, 5.41) is 25.6. The van der Waals surface area contributed by atoms with Gasteiger partial charge in [-0.05, 0) is 37.1 Å². The van der Waals surface area contributed by atoms with Gasteiger partial charge in [0.1, 0.15) is 29.8 Å². The lowest BCUT2D eigenvalue weighted by Crippen LogP contribution is -2.25. The molecule has 1 unspecified atom stereocenters. The largest absolute Gasteiger partial charge is 0.491 e. The normalized spacial score (nSPS) is 12.6. The van der Waals surface area contributed by atoms with Gasteiger partial charge >= 0.3 is 5.69 Å². The molecule has 30 heavy (non-hydrogen) atoms. The van der Waals surface area contributed by atoms with Gasteiger partial charge in [-0.2, -0.15) is 5.10 Å². The monoisotopic (exact) mass is 409 g/mol. The van der Waals surface area contributed by atoms with E-state index in [1.807, 2.05) is 42.5 Å². The van der Waals surface area contributed by atoms with E-state index >= 15 is 0 Å². The van der Waals surface area contributed by atoms with Crippen molar-refractivity contribution in [2.24, 2.45) is 0 Å². The first-order valence-corrected chi connectivity index (χ1v) is 9.85. The average Bonchev–Trinajstić information content (AvgIpc) is 3.00. The Labute approximate surface area is 176 Å². The van der Waals surface area contributed by atoms with Crippen molar-refractivity contribution < 1.29 is 14.8 Å². The molecule has 2 aromatic carbocycles. The Morgan fingerprint density at radius 1 is 1.10 bits per heavy atom. The number of hydrogen-bond donors (Lipinski definition) is 1. The van der Waals surface area contributed by atoms with E-state index in [1.165, 1.54) is 10.2 Å². The smallest absolute Gasteiger partial charge is 0.312 e. The van der Waals surface area contributed by atoms with Crippen molar-refractivity contribution in [1.29, 1.82) is 0 Å². The maximum atomic E-state index is 11.1. The first-order valence-electron chi connectivity index (χ1n) is 9.85. The van der Waals surface area contributed by atoms with E-state index in [9.17, 15) is 15.2 Å². The molecule has 0 aliphatic heterocycles. The van der Waals surface area contributed by atoms with Crippen LogP contribution in [0.1, 0.15) is 36.4 Å². The molecular weight excluding hydrogens is 382 g/mol. The quantitative estimate of drug-likeness (QED) is 0.445. The Hall–Kier alpha value is -3.19.